The van der Waals surface area contributed by atoms with Crippen molar-refractivity contribution in [2.75, 3.05) is 0 Å². The van der Waals surface area contributed by atoms with Gasteiger partial charge in [0.05, 0.1) is 6.10 Å². The molecular weight excluding hydrogens is 364 g/mol. The lowest BCUT2D eigenvalue weighted by Crippen LogP contribution is -2.53. The fraction of sp³-hybridized carbons (Fsp3) is 0.862. The van der Waals surface area contributed by atoms with E-state index in [-0.39, 0.29) is 11.5 Å². The molecule has 0 amide bonds. The van der Waals surface area contributed by atoms with Crippen LogP contribution >= 0.6 is 0 Å². The first-order valence-electron chi connectivity index (χ1n) is 13.1. The van der Waals surface area contributed by atoms with Crippen molar-refractivity contribution in [2.24, 2.45) is 39.9 Å². The molecule has 2 saturated carbocycles. The number of aliphatic hydroxyl groups excluding tert-OH is 1. The molecule has 0 radical (unpaired) electrons. The first kappa shape index (κ1) is 22.6. The molecule has 1 N–H and O–H groups in total. The van der Waals surface area contributed by atoms with Gasteiger partial charge in [0.1, 0.15) is 0 Å². The van der Waals surface area contributed by atoms with E-state index in [1.165, 1.54) is 63.4 Å². The van der Waals surface area contributed by atoms with Crippen molar-refractivity contribution >= 4 is 0 Å². The summed E-state index contributed by atoms with van der Waals surface area (Å²) in [5.74, 6) is 3.32. The Morgan fingerprint density at radius 3 is 2.30 bits per heavy atom. The average molecular weight is 413 g/mol. The summed E-state index contributed by atoms with van der Waals surface area (Å²) < 4.78 is 0. The van der Waals surface area contributed by atoms with Crippen molar-refractivity contribution in [1.82, 2.24) is 0 Å². The maximum Gasteiger partial charge on any atom is 0.0594 e. The molecule has 2 fully saturated rings. The van der Waals surface area contributed by atoms with E-state index >= 15 is 0 Å². The van der Waals surface area contributed by atoms with E-state index < -0.39 is 0 Å². The molecule has 7 atom stereocenters. The van der Waals surface area contributed by atoms with E-state index in [1.807, 2.05) is 11.1 Å². The number of rotatable bonds is 4. The Hall–Kier alpha value is -0.560. The second-order valence-corrected chi connectivity index (χ2v) is 12.9. The van der Waals surface area contributed by atoms with Gasteiger partial charge in [0.2, 0.25) is 0 Å². The van der Waals surface area contributed by atoms with Crippen molar-refractivity contribution in [3.05, 3.63) is 22.8 Å². The van der Waals surface area contributed by atoms with E-state index in [0.29, 0.717) is 16.7 Å². The predicted molar refractivity (Wildman–Crippen MR) is 128 cm³/mol. The van der Waals surface area contributed by atoms with Crippen LogP contribution in [0.25, 0.3) is 0 Å². The summed E-state index contributed by atoms with van der Waals surface area (Å²) in [5.41, 5.74) is 6.06. The summed E-state index contributed by atoms with van der Waals surface area (Å²) in [7, 11) is 0. The third-order valence-electron chi connectivity index (χ3n) is 10.8. The van der Waals surface area contributed by atoms with Gasteiger partial charge < -0.3 is 5.11 Å². The van der Waals surface area contributed by atoms with Crippen LogP contribution in [-0.4, -0.2) is 11.2 Å². The second-order valence-electron chi connectivity index (χ2n) is 12.9. The molecule has 0 aromatic rings. The number of hydrogen-bond donors (Lipinski definition) is 1. The number of fused-ring (bicyclic) bond motifs is 4. The van der Waals surface area contributed by atoms with E-state index in [4.69, 9.17) is 0 Å². The molecular formula is C29H48O. The van der Waals surface area contributed by atoms with Gasteiger partial charge in [0, 0.05) is 0 Å². The minimum atomic E-state index is -0.123. The first-order valence-corrected chi connectivity index (χ1v) is 13.1. The van der Waals surface area contributed by atoms with Crippen LogP contribution in [0.2, 0.25) is 0 Å². The highest BCUT2D eigenvalue weighted by molar-refractivity contribution is 5.37. The molecule has 1 heteroatoms. The van der Waals surface area contributed by atoms with E-state index in [0.717, 1.165) is 24.2 Å². The summed E-state index contributed by atoms with van der Waals surface area (Å²) >= 11 is 0. The Bertz CT molecular complexity index is 723. The van der Waals surface area contributed by atoms with Crippen LogP contribution < -0.4 is 0 Å². The standard InChI is InChI=1S/C29H48O/c1-19(2)9-8-10-20(3)21-15-17-28(6)22(21)11-12-24-23(28)13-14-25-27(4,5)26(30)16-18-29(24,25)7/h9,20-22,25-26,30H,8,10-18H2,1-7H3/t20-,21-,22+,25-,26+,28+,29-/m1/s1. The van der Waals surface area contributed by atoms with Gasteiger partial charge in [-0.15, -0.1) is 0 Å². The van der Waals surface area contributed by atoms with Gasteiger partial charge in [-0.25, -0.2) is 0 Å². The molecule has 0 saturated heterocycles. The van der Waals surface area contributed by atoms with Crippen LogP contribution in [0.1, 0.15) is 113 Å². The quantitative estimate of drug-likeness (QED) is 0.462. The molecule has 0 unspecified atom stereocenters. The summed E-state index contributed by atoms with van der Waals surface area (Å²) in [6.07, 6.45) is 15.3. The lowest BCUT2D eigenvalue weighted by molar-refractivity contribution is -0.0931. The van der Waals surface area contributed by atoms with Crippen molar-refractivity contribution in [3.63, 3.8) is 0 Å². The van der Waals surface area contributed by atoms with Gasteiger partial charge in [-0.05, 0) is 118 Å². The maximum atomic E-state index is 10.8. The zero-order valence-electron chi connectivity index (χ0n) is 21.0. The topological polar surface area (TPSA) is 20.2 Å². The molecule has 0 aromatic carbocycles. The molecule has 170 valence electrons. The zero-order chi connectivity index (χ0) is 21.9. The highest BCUT2D eigenvalue weighted by Crippen LogP contribution is 2.68. The van der Waals surface area contributed by atoms with Gasteiger partial charge in [-0.2, -0.15) is 0 Å². The number of aliphatic hydroxyl groups is 1. The second kappa shape index (κ2) is 7.79. The highest BCUT2D eigenvalue weighted by atomic mass is 16.3. The predicted octanol–water partition coefficient (Wildman–Crippen LogP) is 8.09. The minimum Gasteiger partial charge on any atom is -0.393 e. The number of hydrogen-bond acceptors (Lipinski definition) is 1. The largest absolute Gasteiger partial charge is 0.393 e. The Morgan fingerprint density at radius 1 is 0.967 bits per heavy atom. The number of allylic oxidation sites excluding steroid dienone is 4. The molecule has 0 spiro atoms. The Labute approximate surface area is 186 Å². The lowest BCUT2D eigenvalue weighted by atomic mass is 9.45. The zero-order valence-corrected chi connectivity index (χ0v) is 21.0. The van der Waals surface area contributed by atoms with Crippen LogP contribution in [0.3, 0.4) is 0 Å². The van der Waals surface area contributed by atoms with Crippen LogP contribution in [0.5, 0.6) is 0 Å². The van der Waals surface area contributed by atoms with E-state index in [9.17, 15) is 5.11 Å². The third-order valence-corrected chi connectivity index (χ3v) is 10.8. The van der Waals surface area contributed by atoms with Crippen molar-refractivity contribution in [1.29, 1.82) is 0 Å². The fourth-order valence-electron chi connectivity index (χ4n) is 9.00. The maximum absolute atomic E-state index is 10.8. The first-order chi connectivity index (χ1) is 14.0. The molecule has 1 nitrogen and oxygen atoms in total. The monoisotopic (exact) mass is 412 g/mol. The molecule has 0 aliphatic heterocycles. The van der Waals surface area contributed by atoms with E-state index in [2.05, 4.69) is 54.5 Å². The Kier molecular flexibility index (Phi) is 5.87. The van der Waals surface area contributed by atoms with Crippen LogP contribution in [-0.2, 0) is 0 Å². The third kappa shape index (κ3) is 3.37. The Morgan fingerprint density at radius 2 is 1.60 bits per heavy atom. The van der Waals surface area contributed by atoms with Gasteiger partial charge in [-0.1, -0.05) is 57.4 Å². The summed E-state index contributed by atoms with van der Waals surface area (Å²) in [5, 5.41) is 10.8. The van der Waals surface area contributed by atoms with Gasteiger partial charge in [-0.3, -0.25) is 0 Å². The van der Waals surface area contributed by atoms with Crippen molar-refractivity contribution < 1.29 is 5.11 Å². The van der Waals surface area contributed by atoms with Crippen molar-refractivity contribution in [3.8, 4) is 0 Å². The molecule has 4 aliphatic carbocycles. The summed E-state index contributed by atoms with van der Waals surface area (Å²) in [6.45, 7) is 16.9. The smallest absolute Gasteiger partial charge is 0.0594 e. The van der Waals surface area contributed by atoms with Crippen LogP contribution in [0.15, 0.2) is 22.8 Å². The van der Waals surface area contributed by atoms with E-state index in [1.54, 1.807) is 0 Å². The summed E-state index contributed by atoms with van der Waals surface area (Å²) in [6, 6.07) is 0. The Balaban J connectivity index is 1.59. The molecule has 0 bridgehead atoms. The van der Waals surface area contributed by atoms with Crippen LogP contribution in [0.4, 0.5) is 0 Å². The minimum absolute atomic E-state index is 0.0565. The molecule has 4 rings (SSSR count). The summed E-state index contributed by atoms with van der Waals surface area (Å²) in [4.78, 5) is 0. The fourth-order valence-corrected chi connectivity index (χ4v) is 9.00. The molecule has 30 heavy (non-hydrogen) atoms. The molecule has 0 heterocycles. The average Bonchev–Trinajstić information content (AvgIpc) is 3.02. The lowest BCUT2D eigenvalue weighted by Gasteiger charge is -2.60. The molecule has 0 aromatic heterocycles. The van der Waals surface area contributed by atoms with Gasteiger partial charge >= 0.3 is 0 Å². The highest BCUT2D eigenvalue weighted by Gasteiger charge is 2.59. The van der Waals surface area contributed by atoms with Gasteiger partial charge in [0.15, 0.2) is 0 Å². The van der Waals surface area contributed by atoms with Crippen molar-refractivity contribution in [2.45, 2.75) is 119 Å². The van der Waals surface area contributed by atoms with Crippen LogP contribution in [0, 0.1) is 39.9 Å². The van der Waals surface area contributed by atoms with Gasteiger partial charge in [0.25, 0.3) is 0 Å². The SMILES string of the molecule is CC(C)=CCC[C@@H](C)[C@H]1CC[C@]2(C)C3=C(CC[C@@H]12)[C@@]1(C)CC[C@H](O)C(C)(C)[C@H]1CC3. The normalized spacial score (nSPS) is 43.5. The molecule has 4 aliphatic rings.